The van der Waals surface area contributed by atoms with Crippen LogP contribution in [0.2, 0.25) is 0 Å². The van der Waals surface area contributed by atoms with E-state index in [4.69, 9.17) is 18.0 Å². The molecule has 1 atom stereocenters. The van der Waals surface area contributed by atoms with Crippen molar-refractivity contribution in [2.45, 2.75) is 32.7 Å². The molecule has 1 unspecified atom stereocenters. The minimum Gasteiger partial charge on any atom is -0.389 e. The SMILES string of the molecule is Cc1cc(C)c(C(N)=S)c(NC2(C)CCS(=O)(=O)C2)n1. The van der Waals surface area contributed by atoms with Crippen molar-refractivity contribution >= 4 is 32.9 Å². The molecular formula is C13H19N3O2S2. The number of anilines is 1. The topological polar surface area (TPSA) is 85.1 Å². The summed E-state index contributed by atoms with van der Waals surface area (Å²) >= 11 is 5.08. The Labute approximate surface area is 124 Å². The van der Waals surface area contributed by atoms with E-state index >= 15 is 0 Å². The summed E-state index contributed by atoms with van der Waals surface area (Å²) in [5.41, 5.74) is 7.72. The van der Waals surface area contributed by atoms with Crippen molar-refractivity contribution in [3.05, 3.63) is 22.9 Å². The zero-order valence-electron chi connectivity index (χ0n) is 11.9. The summed E-state index contributed by atoms with van der Waals surface area (Å²) in [5.74, 6) is 0.879. The first-order chi connectivity index (χ1) is 9.12. The largest absolute Gasteiger partial charge is 0.389 e. The highest BCUT2D eigenvalue weighted by Crippen LogP contribution is 2.29. The standard InChI is InChI=1S/C13H19N3O2S2/c1-8-6-9(2)15-12(10(8)11(14)19)16-13(3)4-5-20(17,18)7-13/h6H,4-5,7H2,1-3H3,(H2,14,19)(H,15,16). The van der Waals surface area contributed by atoms with E-state index in [0.29, 0.717) is 17.8 Å². The van der Waals surface area contributed by atoms with Crippen LogP contribution in [0.4, 0.5) is 5.82 Å². The first-order valence-electron chi connectivity index (χ1n) is 6.39. The van der Waals surface area contributed by atoms with Crippen LogP contribution in [0.3, 0.4) is 0 Å². The number of sulfone groups is 1. The number of hydrogen-bond acceptors (Lipinski definition) is 5. The van der Waals surface area contributed by atoms with Gasteiger partial charge in [0.05, 0.1) is 22.6 Å². The molecule has 0 aromatic carbocycles. The van der Waals surface area contributed by atoms with E-state index in [1.165, 1.54) is 0 Å². The Morgan fingerprint density at radius 2 is 2.15 bits per heavy atom. The Balaban J connectivity index is 2.41. The Hall–Kier alpha value is -1.21. The number of pyridine rings is 1. The lowest BCUT2D eigenvalue weighted by molar-refractivity contribution is 0.571. The molecule has 7 heteroatoms. The van der Waals surface area contributed by atoms with Gasteiger partial charge in [0.15, 0.2) is 9.84 Å². The molecule has 2 heterocycles. The van der Waals surface area contributed by atoms with E-state index in [0.717, 1.165) is 11.3 Å². The maximum atomic E-state index is 11.7. The average molecular weight is 313 g/mol. The van der Waals surface area contributed by atoms with E-state index in [-0.39, 0.29) is 16.5 Å². The van der Waals surface area contributed by atoms with Gasteiger partial charge < -0.3 is 11.1 Å². The Morgan fingerprint density at radius 3 is 2.65 bits per heavy atom. The predicted octanol–water partition coefficient (Wildman–Crippen LogP) is 1.32. The molecule has 1 fully saturated rings. The van der Waals surface area contributed by atoms with Gasteiger partial charge in [-0.15, -0.1) is 0 Å². The maximum Gasteiger partial charge on any atom is 0.152 e. The molecule has 110 valence electrons. The fourth-order valence-electron chi connectivity index (χ4n) is 2.63. The summed E-state index contributed by atoms with van der Waals surface area (Å²) in [6.45, 7) is 5.69. The molecule has 2 rings (SSSR count). The lowest BCUT2D eigenvalue weighted by Crippen LogP contribution is -2.37. The number of nitrogens with two attached hydrogens (primary N) is 1. The first-order valence-corrected chi connectivity index (χ1v) is 8.61. The first kappa shape index (κ1) is 15.2. The lowest BCUT2D eigenvalue weighted by atomic mass is 10.0. The van der Waals surface area contributed by atoms with Crippen LogP contribution in [0.5, 0.6) is 0 Å². The van der Waals surface area contributed by atoms with Crippen LogP contribution in [0, 0.1) is 13.8 Å². The van der Waals surface area contributed by atoms with Gasteiger partial charge in [0, 0.05) is 5.69 Å². The van der Waals surface area contributed by atoms with E-state index in [1.54, 1.807) is 0 Å². The van der Waals surface area contributed by atoms with Crippen LogP contribution in [0.1, 0.15) is 30.2 Å². The van der Waals surface area contributed by atoms with Crippen molar-refractivity contribution < 1.29 is 8.42 Å². The second-order valence-corrected chi connectivity index (χ2v) is 8.32. The summed E-state index contributed by atoms with van der Waals surface area (Å²) in [5, 5.41) is 3.25. The zero-order chi connectivity index (χ0) is 15.1. The van der Waals surface area contributed by atoms with Gasteiger partial charge >= 0.3 is 0 Å². The molecule has 5 nitrogen and oxygen atoms in total. The van der Waals surface area contributed by atoms with E-state index in [9.17, 15) is 8.42 Å². The fourth-order valence-corrected chi connectivity index (χ4v) is 4.98. The van der Waals surface area contributed by atoms with Crippen molar-refractivity contribution in [3.63, 3.8) is 0 Å². The number of hydrogen-bond donors (Lipinski definition) is 2. The van der Waals surface area contributed by atoms with Gasteiger partial charge in [0.25, 0.3) is 0 Å². The molecule has 1 aliphatic rings. The van der Waals surface area contributed by atoms with Gasteiger partial charge in [-0.3, -0.25) is 0 Å². The number of nitrogens with zero attached hydrogens (tertiary/aromatic N) is 1. The van der Waals surface area contributed by atoms with Gasteiger partial charge in [-0.05, 0) is 38.8 Å². The highest BCUT2D eigenvalue weighted by molar-refractivity contribution is 7.91. The number of nitrogens with one attached hydrogen (secondary N) is 1. The molecule has 1 saturated heterocycles. The highest BCUT2D eigenvalue weighted by Gasteiger charge is 2.39. The average Bonchev–Trinajstić information content (AvgIpc) is 2.50. The van der Waals surface area contributed by atoms with Gasteiger partial charge in [0.2, 0.25) is 0 Å². The third kappa shape index (κ3) is 3.09. The zero-order valence-corrected chi connectivity index (χ0v) is 13.5. The summed E-state index contributed by atoms with van der Waals surface area (Å²) < 4.78 is 23.4. The Kier molecular flexibility index (Phi) is 3.77. The third-order valence-corrected chi connectivity index (χ3v) is 5.62. The molecular weight excluding hydrogens is 294 g/mol. The van der Waals surface area contributed by atoms with Crippen LogP contribution in [-0.2, 0) is 9.84 Å². The van der Waals surface area contributed by atoms with Crippen molar-refractivity contribution in [2.24, 2.45) is 5.73 Å². The molecule has 0 amide bonds. The molecule has 0 radical (unpaired) electrons. The molecule has 3 N–H and O–H groups in total. The molecule has 0 aliphatic carbocycles. The summed E-state index contributed by atoms with van der Waals surface area (Å²) in [7, 11) is -2.98. The molecule has 1 aromatic rings. The van der Waals surface area contributed by atoms with E-state index in [1.807, 2.05) is 26.8 Å². The normalized spacial score (nSPS) is 24.6. The number of aryl methyl sites for hydroxylation is 2. The van der Waals surface area contributed by atoms with Crippen molar-refractivity contribution in [1.29, 1.82) is 0 Å². The number of thiocarbonyl (C=S) groups is 1. The van der Waals surface area contributed by atoms with Crippen LogP contribution in [0.15, 0.2) is 6.07 Å². The molecule has 0 bridgehead atoms. The molecule has 1 aliphatic heterocycles. The predicted molar refractivity (Wildman–Crippen MR) is 84.9 cm³/mol. The van der Waals surface area contributed by atoms with Crippen molar-refractivity contribution in [3.8, 4) is 0 Å². The van der Waals surface area contributed by atoms with Crippen molar-refractivity contribution in [1.82, 2.24) is 4.98 Å². The number of rotatable bonds is 3. The van der Waals surface area contributed by atoms with Gasteiger partial charge in [-0.1, -0.05) is 12.2 Å². The van der Waals surface area contributed by atoms with E-state index in [2.05, 4.69) is 10.3 Å². The van der Waals surface area contributed by atoms with Crippen LogP contribution >= 0.6 is 12.2 Å². The number of aromatic nitrogens is 1. The maximum absolute atomic E-state index is 11.7. The summed E-state index contributed by atoms with van der Waals surface area (Å²) in [4.78, 5) is 4.70. The monoisotopic (exact) mass is 313 g/mol. The molecule has 20 heavy (non-hydrogen) atoms. The van der Waals surface area contributed by atoms with Gasteiger partial charge in [-0.25, -0.2) is 13.4 Å². The van der Waals surface area contributed by atoms with E-state index < -0.39 is 15.4 Å². The second-order valence-electron chi connectivity index (χ2n) is 5.70. The second kappa shape index (κ2) is 4.96. The molecule has 1 aromatic heterocycles. The van der Waals surface area contributed by atoms with Crippen LogP contribution < -0.4 is 11.1 Å². The summed E-state index contributed by atoms with van der Waals surface area (Å²) in [6, 6.07) is 1.91. The van der Waals surface area contributed by atoms with Crippen LogP contribution in [-0.4, -0.2) is 35.4 Å². The minimum absolute atomic E-state index is 0.103. The minimum atomic E-state index is -2.98. The highest BCUT2D eigenvalue weighted by atomic mass is 32.2. The van der Waals surface area contributed by atoms with Crippen molar-refractivity contribution in [2.75, 3.05) is 16.8 Å². The quantitative estimate of drug-likeness (QED) is 0.819. The third-order valence-electron chi connectivity index (χ3n) is 3.51. The fraction of sp³-hybridized carbons (Fsp3) is 0.538. The van der Waals surface area contributed by atoms with Crippen LogP contribution in [0.25, 0.3) is 0 Å². The summed E-state index contributed by atoms with van der Waals surface area (Å²) in [6.07, 6.45) is 0.556. The Bertz CT molecular complexity index is 670. The lowest BCUT2D eigenvalue weighted by Gasteiger charge is -2.26. The molecule has 0 spiro atoms. The molecule has 0 saturated carbocycles. The van der Waals surface area contributed by atoms with Gasteiger partial charge in [-0.2, -0.15) is 0 Å². The Morgan fingerprint density at radius 1 is 1.50 bits per heavy atom. The van der Waals surface area contributed by atoms with Gasteiger partial charge in [0.1, 0.15) is 10.8 Å². The smallest absolute Gasteiger partial charge is 0.152 e.